The maximum atomic E-state index is 12.4. The van der Waals surface area contributed by atoms with Gasteiger partial charge in [-0.3, -0.25) is 4.90 Å². The summed E-state index contributed by atoms with van der Waals surface area (Å²) in [5.41, 5.74) is 6.68. The van der Waals surface area contributed by atoms with Gasteiger partial charge in [-0.1, -0.05) is 42.5 Å². The molecule has 1 aliphatic rings. The smallest absolute Gasteiger partial charge is 0.411 e. The Kier molecular flexibility index (Phi) is 4.14. The van der Waals surface area contributed by atoms with Gasteiger partial charge in [0.2, 0.25) is 0 Å². The highest BCUT2D eigenvalue weighted by molar-refractivity contribution is 5.69. The molecule has 2 N–H and O–H groups in total. The molecule has 20 heavy (non-hydrogen) atoms. The van der Waals surface area contributed by atoms with E-state index in [1.54, 1.807) is 4.90 Å². The number of nitrogens with two attached hydrogens (primary N) is 1. The van der Waals surface area contributed by atoms with Crippen LogP contribution in [0.3, 0.4) is 0 Å². The molecule has 1 amide bonds. The monoisotopic (exact) mass is 274 g/mol. The lowest BCUT2D eigenvalue weighted by atomic mass is 9.95. The van der Waals surface area contributed by atoms with Gasteiger partial charge in [-0.05, 0) is 26.3 Å². The first-order chi connectivity index (χ1) is 9.38. The van der Waals surface area contributed by atoms with Crippen LogP contribution in [0.1, 0.15) is 32.4 Å². The van der Waals surface area contributed by atoms with Gasteiger partial charge in [-0.25, -0.2) is 4.79 Å². The predicted octanol–water partition coefficient (Wildman–Crippen LogP) is 2.86. The van der Waals surface area contributed by atoms with Crippen LogP contribution in [0.5, 0.6) is 0 Å². The van der Waals surface area contributed by atoms with Gasteiger partial charge in [0.1, 0.15) is 5.60 Å². The predicted molar refractivity (Wildman–Crippen MR) is 79.2 cm³/mol. The highest BCUT2D eigenvalue weighted by Gasteiger charge is 2.33. The van der Waals surface area contributed by atoms with E-state index < -0.39 is 5.60 Å². The lowest BCUT2D eigenvalue weighted by Gasteiger charge is -2.37. The first-order valence-corrected chi connectivity index (χ1v) is 6.85. The van der Waals surface area contributed by atoms with Gasteiger partial charge in [0, 0.05) is 12.6 Å². The fourth-order valence-corrected chi connectivity index (χ4v) is 2.32. The molecule has 0 radical (unpaired) electrons. The van der Waals surface area contributed by atoms with Crippen LogP contribution in [-0.4, -0.2) is 29.2 Å². The largest absolute Gasteiger partial charge is 0.444 e. The van der Waals surface area contributed by atoms with E-state index in [1.165, 1.54) is 0 Å². The second kappa shape index (κ2) is 5.67. The standard InChI is InChI=1S/C16H22N2O2/c1-16(2,3)20-15(19)18-11-7-10-13(17)14(18)12-8-5-4-6-9-12/h4-10,13-14H,11,17H2,1-3H3/t13-,14+/m1/s1. The van der Waals surface area contributed by atoms with Gasteiger partial charge in [0.05, 0.1) is 6.04 Å². The van der Waals surface area contributed by atoms with Gasteiger partial charge in [-0.2, -0.15) is 0 Å². The molecule has 2 atom stereocenters. The molecule has 0 unspecified atom stereocenters. The van der Waals surface area contributed by atoms with Crippen LogP contribution in [0, 0.1) is 0 Å². The average Bonchev–Trinajstić information content (AvgIpc) is 2.37. The molecule has 4 nitrogen and oxygen atoms in total. The van der Waals surface area contributed by atoms with Crippen molar-refractivity contribution in [2.75, 3.05) is 6.54 Å². The van der Waals surface area contributed by atoms with Crippen LogP contribution >= 0.6 is 0 Å². The lowest BCUT2D eigenvalue weighted by Crippen LogP contribution is -2.47. The van der Waals surface area contributed by atoms with Crippen molar-refractivity contribution in [1.29, 1.82) is 0 Å². The molecular formula is C16H22N2O2. The molecule has 2 rings (SSSR count). The van der Waals surface area contributed by atoms with E-state index in [2.05, 4.69) is 0 Å². The van der Waals surface area contributed by atoms with Gasteiger partial charge in [0.25, 0.3) is 0 Å². The summed E-state index contributed by atoms with van der Waals surface area (Å²) in [4.78, 5) is 14.0. The number of amides is 1. The van der Waals surface area contributed by atoms with Gasteiger partial charge >= 0.3 is 6.09 Å². The first-order valence-electron chi connectivity index (χ1n) is 6.85. The highest BCUT2D eigenvalue weighted by Crippen LogP contribution is 2.28. The quantitative estimate of drug-likeness (QED) is 0.801. The number of carbonyl (C=O) groups is 1. The zero-order chi connectivity index (χ0) is 14.8. The number of rotatable bonds is 1. The van der Waals surface area contributed by atoms with Crippen LogP contribution in [0.25, 0.3) is 0 Å². The summed E-state index contributed by atoms with van der Waals surface area (Å²) in [5.74, 6) is 0. The van der Waals surface area contributed by atoms with Crippen molar-refractivity contribution in [2.45, 2.75) is 38.5 Å². The SMILES string of the molecule is CC(C)(C)OC(=O)N1CC=C[C@@H](N)[C@@H]1c1ccccc1. The molecular weight excluding hydrogens is 252 g/mol. The van der Waals surface area contributed by atoms with E-state index in [1.807, 2.05) is 63.3 Å². The van der Waals surface area contributed by atoms with Crippen molar-refractivity contribution in [1.82, 2.24) is 4.90 Å². The minimum Gasteiger partial charge on any atom is -0.444 e. The summed E-state index contributed by atoms with van der Waals surface area (Å²) in [7, 11) is 0. The molecule has 108 valence electrons. The van der Waals surface area contributed by atoms with Gasteiger partial charge < -0.3 is 10.5 Å². The molecule has 1 heterocycles. The van der Waals surface area contributed by atoms with Crippen LogP contribution in [0.2, 0.25) is 0 Å². The lowest BCUT2D eigenvalue weighted by molar-refractivity contribution is 0.0160. The van der Waals surface area contributed by atoms with E-state index in [-0.39, 0.29) is 18.2 Å². The Morgan fingerprint density at radius 2 is 1.95 bits per heavy atom. The molecule has 0 aliphatic carbocycles. The van der Waals surface area contributed by atoms with Crippen molar-refractivity contribution in [3.8, 4) is 0 Å². The van der Waals surface area contributed by atoms with E-state index in [0.29, 0.717) is 6.54 Å². The summed E-state index contributed by atoms with van der Waals surface area (Å²) in [5, 5.41) is 0. The van der Waals surface area contributed by atoms with Gasteiger partial charge in [0.15, 0.2) is 0 Å². The number of carbonyl (C=O) groups excluding carboxylic acids is 1. The summed E-state index contributed by atoms with van der Waals surface area (Å²) in [6, 6.07) is 9.42. The molecule has 1 aliphatic heterocycles. The molecule has 4 heteroatoms. The molecule has 0 aromatic heterocycles. The van der Waals surface area contributed by atoms with Crippen molar-refractivity contribution >= 4 is 6.09 Å². The summed E-state index contributed by atoms with van der Waals surface area (Å²) >= 11 is 0. The van der Waals surface area contributed by atoms with Crippen LogP contribution < -0.4 is 5.73 Å². The fourth-order valence-electron chi connectivity index (χ4n) is 2.32. The Morgan fingerprint density at radius 1 is 1.30 bits per heavy atom. The molecule has 0 fully saturated rings. The molecule has 0 bridgehead atoms. The Bertz CT molecular complexity index is 491. The first kappa shape index (κ1) is 14.6. The zero-order valence-electron chi connectivity index (χ0n) is 12.2. The summed E-state index contributed by atoms with van der Waals surface area (Å²) in [6.45, 7) is 6.11. The second-order valence-corrected chi connectivity index (χ2v) is 5.99. The number of nitrogens with zero attached hydrogens (tertiary/aromatic N) is 1. The molecule has 0 saturated heterocycles. The maximum Gasteiger partial charge on any atom is 0.411 e. The Morgan fingerprint density at radius 3 is 2.55 bits per heavy atom. The minimum atomic E-state index is -0.510. The molecule has 0 saturated carbocycles. The van der Waals surface area contributed by atoms with E-state index in [9.17, 15) is 4.79 Å². The zero-order valence-corrected chi connectivity index (χ0v) is 12.2. The maximum absolute atomic E-state index is 12.4. The highest BCUT2D eigenvalue weighted by atomic mass is 16.6. The third-order valence-electron chi connectivity index (χ3n) is 3.13. The van der Waals surface area contributed by atoms with Crippen LogP contribution in [-0.2, 0) is 4.74 Å². The van der Waals surface area contributed by atoms with E-state index in [0.717, 1.165) is 5.56 Å². The normalized spacial score (nSPS) is 22.7. The summed E-state index contributed by atoms with van der Waals surface area (Å²) < 4.78 is 5.47. The topological polar surface area (TPSA) is 55.6 Å². The number of hydrogen-bond acceptors (Lipinski definition) is 3. The molecule has 0 spiro atoms. The Balaban J connectivity index is 2.26. The van der Waals surface area contributed by atoms with Crippen LogP contribution in [0.4, 0.5) is 4.79 Å². The van der Waals surface area contributed by atoms with Gasteiger partial charge in [-0.15, -0.1) is 0 Å². The number of ether oxygens (including phenoxy) is 1. The minimum absolute atomic E-state index is 0.184. The van der Waals surface area contributed by atoms with Crippen molar-refractivity contribution in [3.05, 3.63) is 48.0 Å². The van der Waals surface area contributed by atoms with E-state index in [4.69, 9.17) is 10.5 Å². The van der Waals surface area contributed by atoms with Crippen LogP contribution in [0.15, 0.2) is 42.5 Å². The third kappa shape index (κ3) is 3.39. The van der Waals surface area contributed by atoms with Crippen molar-refractivity contribution in [3.63, 3.8) is 0 Å². The summed E-state index contributed by atoms with van der Waals surface area (Å²) in [6.07, 6.45) is 3.53. The Hall–Kier alpha value is -1.81. The van der Waals surface area contributed by atoms with Crippen molar-refractivity contribution in [2.24, 2.45) is 5.73 Å². The number of hydrogen-bond donors (Lipinski definition) is 1. The fraction of sp³-hybridized carbons (Fsp3) is 0.438. The second-order valence-electron chi connectivity index (χ2n) is 5.99. The van der Waals surface area contributed by atoms with Crippen molar-refractivity contribution < 1.29 is 9.53 Å². The number of benzene rings is 1. The average molecular weight is 274 g/mol. The molecule has 1 aromatic rings. The third-order valence-corrected chi connectivity index (χ3v) is 3.13. The van der Waals surface area contributed by atoms with E-state index >= 15 is 0 Å². The Labute approximate surface area is 120 Å². The molecule has 1 aromatic carbocycles.